The van der Waals surface area contributed by atoms with E-state index in [9.17, 15) is 0 Å². The summed E-state index contributed by atoms with van der Waals surface area (Å²) in [5, 5.41) is 0. The van der Waals surface area contributed by atoms with Gasteiger partial charge >= 0.3 is 0 Å². The zero-order chi connectivity index (χ0) is 20.4. The van der Waals surface area contributed by atoms with Crippen molar-refractivity contribution in [2.45, 2.75) is 90.5 Å². The van der Waals surface area contributed by atoms with Crippen molar-refractivity contribution >= 4 is 14.1 Å². The molecular weight excluding hydrogens is 348 g/mol. The minimum absolute atomic E-state index is 0.389. The number of hydrogen-bond donors (Lipinski definition) is 0. The Labute approximate surface area is 167 Å². The molecule has 0 atom stereocenters. The van der Waals surface area contributed by atoms with Crippen LogP contribution in [0.15, 0.2) is 36.9 Å². The summed E-state index contributed by atoms with van der Waals surface area (Å²) in [4.78, 5) is 0. The van der Waals surface area contributed by atoms with Crippen molar-refractivity contribution in [2.24, 2.45) is 0 Å². The standard InChI is InChI=1S/C24H38O2Si/c1-10-24(8,9)25-21-15-14-20-12-11-13-23(22(20)16-21)26-27(17(2)3,18(4)5)19(6)7/h10,13-19H,1,11-12H2,2-9H3. The van der Waals surface area contributed by atoms with Crippen molar-refractivity contribution in [2.75, 3.05) is 0 Å². The molecule has 2 nitrogen and oxygen atoms in total. The summed E-state index contributed by atoms with van der Waals surface area (Å²) >= 11 is 0. The number of hydrogen-bond acceptors (Lipinski definition) is 2. The fourth-order valence-electron chi connectivity index (χ4n) is 4.52. The van der Waals surface area contributed by atoms with Crippen molar-refractivity contribution in [3.8, 4) is 5.75 Å². The molecule has 0 spiro atoms. The highest BCUT2D eigenvalue weighted by Crippen LogP contribution is 2.46. The highest BCUT2D eigenvalue weighted by molar-refractivity contribution is 6.78. The van der Waals surface area contributed by atoms with E-state index in [0.717, 1.165) is 24.4 Å². The van der Waals surface area contributed by atoms with E-state index in [1.165, 1.54) is 11.1 Å². The highest BCUT2D eigenvalue weighted by atomic mass is 28.4. The molecule has 150 valence electrons. The molecule has 0 bridgehead atoms. The van der Waals surface area contributed by atoms with Gasteiger partial charge in [0.25, 0.3) is 8.32 Å². The largest absolute Gasteiger partial charge is 0.542 e. The number of aryl methyl sites for hydroxylation is 1. The summed E-state index contributed by atoms with van der Waals surface area (Å²) < 4.78 is 13.2. The molecule has 1 aromatic carbocycles. The zero-order valence-corrected chi connectivity index (χ0v) is 19.6. The Kier molecular flexibility index (Phi) is 6.67. The molecule has 3 heteroatoms. The SMILES string of the molecule is C=CC(C)(C)Oc1ccc2c(c1)C(O[Si](C(C)C)(C(C)C)C(C)C)=CCC2. The van der Waals surface area contributed by atoms with Crippen molar-refractivity contribution in [1.29, 1.82) is 0 Å². The quantitative estimate of drug-likeness (QED) is 0.340. The molecule has 0 heterocycles. The van der Waals surface area contributed by atoms with E-state index in [2.05, 4.69) is 72.4 Å². The van der Waals surface area contributed by atoms with E-state index in [1.807, 2.05) is 19.9 Å². The van der Waals surface area contributed by atoms with Crippen LogP contribution in [0.25, 0.3) is 5.76 Å². The molecule has 2 rings (SSSR count). The lowest BCUT2D eigenvalue weighted by Gasteiger charge is -2.43. The summed E-state index contributed by atoms with van der Waals surface area (Å²) in [5.41, 5.74) is 3.85. The predicted molar refractivity (Wildman–Crippen MR) is 120 cm³/mol. The van der Waals surface area contributed by atoms with Gasteiger partial charge in [-0.2, -0.15) is 0 Å². The van der Waals surface area contributed by atoms with Gasteiger partial charge in [0.05, 0.1) is 0 Å². The van der Waals surface area contributed by atoms with E-state index in [1.54, 1.807) is 0 Å². The molecule has 0 unspecified atom stereocenters. The minimum Gasteiger partial charge on any atom is -0.542 e. The molecule has 0 radical (unpaired) electrons. The molecule has 1 aliphatic carbocycles. The maximum atomic E-state index is 7.03. The van der Waals surface area contributed by atoms with Crippen LogP contribution in [-0.4, -0.2) is 13.9 Å². The summed E-state index contributed by atoms with van der Waals surface area (Å²) in [6, 6.07) is 6.43. The summed E-state index contributed by atoms with van der Waals surface area (Å²) in [6.07, 6.45) is 6.24. The van der Waals surface area contributed by atoms with Crippen LogP contribution in [-0.2, 0) is 10.8 Å². The van der Waals surface area contributed by atoms with Crippen molar-refractivity contribution in [3.05, 3.63) is 48.1 Å². The van der Waals surface area contributed by atoms with Crippen LogP contribution in [0.5, 0.6) is 5.75 Å². The van der Waals surface area contributed by atoms with E-state index < -0.39 is 8.32 Å². The zero-order valence-electron chi connectivity index (χ0n) is 18.6. The van der Waals surface area contributed by atoms with Gasteiger partial charge in [-0.15, -0.1) is 0 Å². The molecule has 1 aromatic rings. The van der Waals surface area contributed by atoms with Gasteiger partial charge in [0.2, 0.25) is 0 Å². The first-order chi connectivity index (χ1) is 12.5. The van der Waals surface area contributed by atoms with Gasteiger partial charge in [-0.05, 0) is 73.2 Å². The molecule has 0 aliphatic heterocycles. The van der Waals surface area contributed by atoms with Gasteiger partial charge in [0, 0.05) is 5.56 Å². The lowest BCUT2D eigenvalue weighted by Crippen LogP contribution is -2.47. The Hall–Kier alpha value is -1.48. The van der Waals surface area contributed by atoms with Crippen LogP contribution in [0.1, 0.15) is 72.9 Å². The monoisotopic (exact) mass is 386 g/mol. The predicted octanol–water partition coefficient (Wildman–Crippen LogP) is 7.51. The van der Waals surface area contributed by atoms with Gasteiger partial charge in [0.15, 0.2) is 0 Å². The summed E-state index contributed by atoms with van der Waals surface area (Å²) in [7, 11) is -1.98. The number of benzene rings is 1. The normalized spacial score (nSPS) is 15.0. The van der Waals surface area contributed by atoms with Crippen molar-refractivity contribution in [3.63, 3.8) is 0 Å². The molecule has 0 aromatic heterocycles. The molecule has 0 N–H and O–H groups in total. The van der Waals surface area contributed by atoms with Crippen molar-refractivity contribution in [1.82, 2.24) is 0 Å². The first kappa shape index (κ1) is 21.8. The average molecular weight is 387 g/mol. The minimum atomic E-state index is -1.98. The second-order valence-corrected chi connectivity index (χ2v) is 14.6. The number of rotatable bonds is 8. The maximum absolute atomic E-state index is 7.03. The molecule has 1 aliphatic rings. The summed E-state index contributed by atoms with van der Waals surface area (Å²) in [6.45, 7) is 22.0. The number of ether oxygens (including phenoxy) is 1. The Balaban J connectivity index is 2.43. The van der Waals surface area contributed by atoms with Crippen molar-refractivity contribution < 1.29 is 9.16 Å². The molecule has 0 amide bonds. The third-order valence-electron chi connectivity index (χ3n) is 5.96. The average Bonchev–Trinajstić information content (AvgIpc) is 2.58. The number of allylic oxidation sites excluding steroid dienone is 1. The first-order valence-electron chi connectivity index (χ1n) is 10.4. The summed E-state index contributed by atoms with van der Waals surface area (Å²) in [5.74, 6) is 1.95. The van der Waals surface area contributed by atoms with Crippen LogP contribution in [0, 0.1) is 0 Å². The van der Waals surface area contributed by atoms with Gasteiger partial charge in [-0.1, -0.05) is 54.2 Å². The third-order valence-corrected chi connectivity index (χ3v) is 11.9. The molecule has 0 saturated heterocycles. The lowest BCUT2D eigenvalue weighted by molar-refractivity contribution is 0.162. The fraction of sp³-hybridized carbons (Fsp3) is 0.583. The second kappa shape index (κ2) is 8.26. The Morgan fingerprint density at radius 3 is 2.15 bits per heavy atom. The van der Waals surface area contributed by atoms with Crippen LogP contribution in [0.3, 0.4) is 0 Å². The topological polar surface area (TPSA) is 18.5 Å². The number of fused-ring (bicyclic) bond motifs is 1. The van der Waals surface area contributed by atoms with E-state index in [-0.39, 0.29) is 5.60 Å². The third kappa shape index (κ3) is 4.51. The molecule has 0 fully saturated rings. The van der Waals surface area contributed by atoms with Gasteiger partial charge in [-0.25, -0.2) is 0 Å². The van der Waals surface area contributed by atoms with Gasteiger partial charge in [-0.3, -0.25) is 0 Å². The smallest absolute Gasteiger partial charge is 0.258 e. The van der Waals surface area contributed by atoms with Gasteiger partial charge < -0.3 is 9.16 Å². The Bertz CT molecular complexity index is 677. The van der Waals surface area contributed by atoms with Gasteiger partial charge in [0.1, 0.15) is 17.1 Å². The maximum Gasteiger partial charge on any atom is 0.258 e. The van der Waals surface area contributed by atoms with Crippen LogP contribution >= 0.6 is 0 Å². The molecule has 0 saturated carbocycles. The Morgan fingerprint density at radius 1 is 1.04 bits per heavy atom. The fourth-order valence-corrected chi connectivity index (χ4v) is 9.80. The lowest BCUT2D eigenvalue weighted by atomic mass is 9.95. The Morgan fingerprint density at radius 2 is 1.63 bits per heavy atom. The second-order valence-electron chi connectivity index (χ2n) is 9.26. The van der Waals surface area contributed by atoms with Crippen LogP contribution in [0.2, 0.25) is 16.6 Å². The van der Waals surface area contributed by atoms with E-state index >= 15 is 0 Å². The first-order valence-corrected chi connectivity index (χ1v) is 12.5. The molecule has 27 heavy (non-hydrogen) atoms. The van der Waals surface area contributed by atoms with Crippen LogP contribution < -0.4 is 4.74 Å². The van der Waals surface area contributed by atoms with E-state index in [0.29, 0.717) is 16.6 Å². The highest BCUT2D eigenvalue weighted by Gasteiger charge is 2.47. The van der Waals surface area contributed by atoms with E-state index in [4.69, 9.17) is 9.16 Å². The van der Waals surface area contributed by atoms with Crippen LogP contribution in [0.4, 0.5) is 0 Å². The molecular formula is C24H38O2Si.